The van der Waals surface area contributed by atoms with Crippen LogP contribution in [0, 0.1) is 3.57 Å². The highest BCUT2D eigenvalue weighted by atomic mass is 127. The van der Waals surface area contributed by atoms with Crippen molar-refractivity contribution in [2.75, 3.05) is 6.61 Å². The maximum Gasteiger partial charge on any atom is 0.330 e. The first-order chi connectivity index (χ1) is 8.45. The monoisotopic (exact) mass is 370 g/mol. The molecule has 0 radical (unpaired) electrons. The minimum Gasteiger partial charge on any atom is -0.394 e. The van der Waals surface area contributed by atoms with Gasteiger partial charge in [-0.05, 0) is 22.6 Å². The van der Waals surface area contributed by atoms with E-state index < -0.39 is 42.4 Å². The summed E-state index contributed by atoms with van der Waals surface area (Å²) in [6, 6.07) is 0. The van der Waals surface area contributed by atoms with Crippen LogP contribution in [0.15, 0.2) is 15.8 Å². The van der Waals surface area contributed by atoms with Gasteiger partial charge >= 0.3 is 5.69 Å². The zero-order chi connectivity index (χ0) is 13.4. The lowest BCUT2D eigenvalue weighted by Gasteiger charge is -2.17. The average Bonchev–Trinajstić information content (AvgIpc) is 2.61. The van der Waals surface area contributed by atoms with Crippen LogP contribution in [0.2, 0.25) is 0 Å². The van der Waals surface area contributed by atoms with Crippen molar-refractivity contribution in [1.29, 1.82) is 0 Å². The zero-order valence-electron chi connectivity index (χ0n) is 8.99. The van der Waals surface area contributed by atoms with E-state index in [1.54, 1.807) is 22.6 Å². The summed E-state index contributed by atoms with van der Waals surface area (Å²) in [6.45, 7) is -0.482. The number of aliphatic hydroxyl groups is 3. The van der Waals surface area contributed by atoms with Crippen LogP contribution in [0.25, 0.3) is 0 Å². The van der Waals surface area contributed by atoms with E-state index in [0.29, 0.717) is 0 Å². The van der Waals surface area contributed by atoms with Gasteiger partial charge < -0.3 is 20.1 Å². The fraction of sp³-hybridized carbons (Fsp3) is 0.556. The first-order valence-corrected chi connectivity index (χ1v) is 6.17. The van der Waals surface area contributed by atoms with Crippen LogP contribution in [0.1, 0.15) is 6.23 Å². The second-order valence-corrected chi connectivity index (χ2v) is 5.03. The molecule has 2 rings (SSSR count). The van der Waals surface area contributed by atoms with Gasteiger partial charge in [-0.3, -0.25) is 14.3 Å². The van der Waals surface area contributed by atoms with E-state index in [1.165, 1.54) is 6.20 Å². The molecule has 1 aromatic rings. The quantitative estimate of drug-likeness (QED) is 0.436. The summed E-state index contributed by atoms with van der Waals surface area (Å²) >= 11 is 1.73. The van der Waals surface area contributed by atoms with Gasteiger partial charge in [-0.15, -0.1) is 0 Å². The molecule has 0 aliphatic carbocycles. The van der Waals surface area contributed by atoms with E-state index in [2.05, 4.69) is 4.98 Å². The second kappa shape index (κ2) is 5.09. The highest BCUT2D eigenvalue weighted by Gasteiger charge is 2.43. The number of H-pyrrole nitrogens is 1. The number of hydrogen-bond donors (Lipinski definition) is 4. The molecule has 2 heterocycles. The Labute approximate surface area is 114 Å². The largest absolute Gasteiger partial charge is 0.394 e. The van der Waals surface area contributed by atoms with E-state index in [9.17, 15) is 19.8 Å². The second-order valence-electron chi connectivity index (χ2n) is 3.87. The van der Waals surface area contributed by atoms with Crippen LogP contribution < -0.4 is 11.2 Å². The number of aromatic amines is 1. The Morgan fingerprint density at radius 2 is 2.06 bits per heavy atom. The number of nitrogens with one attached hydrogen (secondary N) is 1. The Balaban J connectivity index is 2.42. The maximum absolute atomic E-state index is 11.6. The molecule has 4 N–H and O–H groups in total. The molecule has 1 aromatic heterocycles. The highest BCUT2D eigenvalue weighted by molar-refractivity contribution is 14.1. The number of ether oxygens (including phenoxy) is 1. The summed E-state index contributed by atoms with van der Waals surface area (Å²) in [5.41, 5.74) is -1.29. The fourth-order valence-corrected chi connectivity index (χ4v) is 2.19. The standard InChI is InChI=1S/C9H11IN2O6/c10-3-1-12(9(17)11-7(3)16)8-6(15)5(14)4(2-13)18-8/h1,4-6,8,13-15H,2H2,(H,11,16,17)/t4-,5+,6-,8-/m1/s1. The summed E-state index contributed by atoms with van der Waals surface area (Å²) in [5.74, 6) is 0. The van der Waals surface area contributed by atoms with Crippen molar-refractivity contribution in [1.82, 2.24) is 9.55 Å². The summed E-state index contributed by atoms with van der Waals surface area (Å²) < 4.78 is 6.40. The van der Waals surface area contributed by atoms with Gasteiger partial charge in [-0.2, -0.15) is 0 Å². The number of rotatable bonds is 2. The van der Waals surface area contributed by atoms with Crippen LogP contribution >= 0.6 is 22.6 Å². The molecule has 1 aliphatic rings. The van der Waals surface area contributed by atoms with Crippen molar-refractivity contribution in [2.45, 2.75) is 24.5 Å². The smallest absolute Gasteiger partial charge is 0.330 e. The van der Waals surface area contributed by atoms with Crippen LogP contribution in [-0.4, -0.2) is 49.8 Å². The molecule has 0 amide bonds. The summed E-state index contributed by atoms with van der Waals surface area (Å²) in [7, 11) is 0. The van der Waals surface area contributed by atoms with Crippen molar-refractivity contribution in [3.63, 3.8) is 0 Å². The third kappa shape index (κ3) is 2.23. The Hall–Kier alpha value is -0.750. The SMILES string of the molecule is O=c1[nH]c(=O)n([C@@H]2O[C@H](CO)[C@H](O)[C@H]2O)cc1I. The molecule has 0 saturated carbocycles. The van der Waals surface area contributed by atoms with Gasteiger partial charge in [-0.25, -0.2) is 4.79 Å². The van der Waals surface area contributed by atoms with Gasteiger partial charge in [0.25, 0.3) is 5.56 Å². The van der Waals surface area contributed by atoms with E-state index in [0.717, 1.165) is 4.57 Å². The third-order valence-corrected chi connectivity index (χ3v) is 3.48. The lowest BCUT2D eigenvalue weighted by Crippen LogP contribution is -2.38. The van der Waals surface area contributed by atoms with E-state index in [-0.39, 0.29) is 3.57 Å². The number of hydrogen-bond acceptors (Lipinski definition) is 6. The average molecular weight is 370 g/mol. The molecule has 8 nitrogen and oxygen atoms in total. The molecule has 18 heavy (non-hydrogen) atoms. The normalized spacial score (nSPS) is 31.8. The van der Waals surface area contributed by atoms with Crippen molar-refractivity contribution < 1.29 is 20.1 Å². The van der Waals surface area contributed by atoms with Crippen molar-refractivity contribution >= 4 is 22.6 Å². The Kier molecular flexibility index (Phi) is 3.87. The van der Waals surface area contributed by atoms with Gasteiger partial charge in [0.05, 0.1) is 10.2 Å². The summed E-state index contributed by atoms with van der Waals surface area (Å²) in [4.78, 5) is 24.9. The van der Waals surface area contributed by atoms with Gasteiger partial charge in [0.1, 0.15) is 18.3 Å². The van der Waals surface area contributed by atoms with Gasteiger partial charge in [0.2, 0.25) is 0 Å². The van der Waals surface area contributed by atoms with Gasteiger partial charge in [0, 0.05) is 6.20 Å². The predicted molar refractivity (Wildman–Crippen MR) is 67.0 cm³/mol. The Morgan fingerprint density at radius 3 is 2.61 bits per heavy atom. The molecule has 4 atom stereocenters. The van der Waals surface area contributed by atoms with E-state index in [1.807, 2.05) is 0 Å². The molecule has 1 saturated heterocycles. The minimum atomic E-state index is -1.36. The van der Waals surface area contributed by atoms with Crippen molar-refractivity contribution in [3.8, 4) is 0 Å². The number of halogens is 1. The summed E-state index contributed by atoms with van der Waals surface area (Å²) in [6.07, 6.45) is -3.54. The molecule has 100 valence electrons. The molecular weight excluding hydrogens is 359 g/mol. The maximum atomic E-state index is 11.6. The molecule has 1 aliphatic heterocycles. The van der Waals surface area contributed by atoms with Gasteiger partial charge in [0.15, 0.2) is 6.23 Å². The highest BCUT2D eigenvalue weighted by Crippen LogP contribution is 2.27. The lowest BCUT2D eigenvalue weighted by molar-refractivity contribution is -0.0551. The number of aromatic nitrogens is 2. The molecule has 0 aromatic carbocycles. The van der Waals surface area contributed by atoms with Crippen molar-refractivity contribution in [3.05, 3.63) is 30.6 Å². The molecule has 0 bridgehead atoms. The fourth-order valence-electron chi connectivity index (χ4n) is 1.76. The zero-order valence-corrected chi connectivity index (χ0v) is 11.1. The molecule has 0 spiro atoms. The van der Waals surface area contributed by atoms with E-state index in [4.69, 9.17) is 9.84 Å². The third-order valence-electron chi connectivity index (χ3n) is 2.72. The summed E-state index contributed by atoms with van der Waals surface area (Å²) in [5, 5.41) is 28.3. The first kappa shape index (κ1) is 13.7. The predicted octanol–water partition coefficient (Wildman–Crippen LogP) is -2.25. The molecular formula is C9H11IN2O6. The molecule has 1 fully saturated rings. The Bertz CT molecular complexity index is 555. The van der Waals surface area contributed by atoms with Crippen LogP contribution in [-0.2, 0) is 4.74 Å². The number of aliphatic hydroxyl groups excluding tert-OH is 3. The van der Waals surface area contributed by atoms with Crippen molar-refractivity contribution in [2.24, 2.45) is 0 Å². The minimum absolute atomic E-state index is 0.241. The van der Waals surface area contributed by atoms with Gasteiger partial charge in [-0.1, -0.05) is 0 Å². The lowest BCUT2D eigenvalue weighted by atomic mass is 10.1. The number of nitrogens with zero attached hydrogens (tertiary/aromatic N) is 1. The molecule has 0 unspecified atom stereocenters. The van der Waals surface area contributed by atoms with Crippen LogP contribution in [0.4, 0.5) is 0 Å². The first-order valence-electron chi connectivity index (χ1n) is 5.09. The Morgan fingerprint density at radius 1 is 1.39 bits per heavy atom. The topological polar surface area (TPSA) is 125 Å². The van der Waals surface area contributed by atoms with Crippen LogP contribution in [0.5, 0.6) is 0 Å². The van der Waals surface area contributed by atoms with Crippen LogP contribution in [0.3, 0.4) is 0 Å². The molecule has 9 heteroatoms. The van der Waals surface area contributed by atoms with E-state index >= 15 is 0 Å².